The van der Waals surface area contributed by atoms with Crippen molar-refractivity contribution in [2.45, 2.75) is 12.3 Å². The number of aromatic nitrogens is 2. The van der Waals surface area contributed by atoms with E-state index in [-0.39, 0.29) is 5.38 Å². The second-order valence-electron chi connectivity index (χ2n) is 4.68. The Morgan fingerprint density at radius 2 is 1.86 bits per heavy atom. The Hall–Kier alpha value is -1.29. The molecule has 1 unspecified atom stereocenters. The molecule has 1 heterocycles. The number of nitrogens with zero attached hydrogens (tertiary/aromatic N) is 2. The highest BCUT2D eigenvalue weighted by molar-refractivity contribution is 6.31. The van der Waals surface area contributed by atoms with Crippen LogP contribution in [-0.4, -0.2) is 9.55 Å². The first-order valence-corrected chi connectivity index (χ1v) is 7.43. The van der Waals surface area contributed by atoms with Crippen LogP contribution in [0.3, 0.4) is 0 Å². The SMILES string of the molecule is CC(Cl)c1nc2ccc(Cl)cc2n1-c1cc(F)cc(Cl)c1. The van der Waals surface area contributed by atoms with Gasteiger partial charge in [0.15, 0.2) is 0 Å². The molecule has 2 nitrogen and oxygen atoms in total. The van der Waals surface area contributed by atoms with Crippen LogP contribution in [0.1, 0.15) is 18.1 Å². The van der Waals surface area contributed by atoms with E-state index in [1.54, 1.807) is 28.8 Å². The van der Waals surface area contributed by atoms with Crippen LogP contribution in [0.4, 0.5) is 4.39 Å². The van der Waals surface area contributed by atoms with Crippen LogP contribution in [-0.2, 0) is 0 Å². The quantitative estimate of drug-likeness (QED) is 0.540. The normalized spacial score (nSPS) is 12.8. The highest BCUT2D eigenvalue weighted by Gasteiger charge is 2.17. The highest BCUT2D eigenvalue weighted by atomic mass is 35.5. The Morgan fingerprint density at radius 3 is 2.52 bits per heavy atom. The summed E-state index contributed by atoms with van der Waals surface area (Å²) in [5, 5.41) is 0.528. The van der Waals surface area contributed by atoms with Crippen LogP contribution >= 0.6 is 34.8 Å². The summed E-state index contributed by atoms with van der Waals surface area (Å²) < 4.78 is 15.4. The van der Waals surface area contributed by atoms with Crippen molar-refractivity contribution >= 4 is 45.8 Å². The molecule has 0 aliphatic carbocycles. The van der Waals surface area contributed by atoms with Crippen LogP contribution in [0.15, 0.2) is 36.4 Å². The van der Waals surface area contributed by atoms with Crippen LogP contribution in [0.2, 0.25) is 10.0 Å². The van der Waals surface area contributed by atoms with Crippen LogP contribution < -0.4 is 0 Å². The molecule has 0 bridgehead atoms. The van der Waals surface area contributed by atoms with Crippen molar-refractivity contribution in [3.05, 3.63) is 58.1 Å². The first-order chi connectivity index (χ1) is 9.95. The molecular formula is C15H10Cl3FN2. The van der Waals surface area contributed by atoms with E-state index in [4.69, 9.17) is 34.8 Å². The number of hydrogen-bond donors (Lipinski definition) is 0. The largest absolute Gasteiger partial charge is 0.295 e. The summed E-state index contributed by atoms with van der Waals surface area (Å²) in [6, 6.07) is 9.62. The Kier molecular flexibility index (Phi) is 3.82. The van der Waals surface area contributed by atoms with Gasteiger partial charge in [0.2, 0.25) is 0 Å². The number of imidazole rings is 1. The van der Waals surface area contributed by atoms with Gasteiger partial charge < -0.3 is 0 Å². The number of benzene rings is 2. The number of hydrogen-bond acceptors (Lipinski definition) is 1. The summed E-state index contributed by atoms with van der Waals surface area (Å²) in [5.74, 6) is 0.185. The smallest absolute Gasteiger partial charge is 0.132 e. The van der Waals surface area contributed by atoms with E-state index < -0.39 is 5.82 Å². The van der Waals surface area contributed by atoms with Crippen LogP contribution in [0, 0.1) is 5.82 Å². The van der Waals surface area contributed by atoms with E-state index in [0.29, 0.717) is 21.6 Å². The Balaban J connectivity index is 2.38. The van der Waals surface area contributed by atoms with Crippen LogP contribution in [0.25, 0.3) is 16.7 Å². The van der Waals surface area contributed by atoms with Gasteiger partial charge in [0.25, 0.3) is 0 Å². The first kappa shape index (κ1) is 14.6. The third-order valence-corrected chi connectivity index (χ3v) is 3.75. The number of alkyl halides is 1. The average Bonchev–Trinajstić information content (AvgIpc) is 2.76. The van der Waals surface area contributed by atoms with Crippen molar-refractivity contribution in [3.8, 4) is 5.69 Å². The predicted octanol–water partition coefficient (Wildman–Crippen LogP) is 5.77. The van der Waals surface area contributed by atoms with Crippen molar-refractivity contribution in [1.29, 1.82) is 0 Å². The fraction of sp³-hybridized carbons (Fsp3) is 0.133. The molecule has 1 atom stereocenters. The van der Waals surface area contributed by atoms with Crippen molar-refractivity contribution in [1.82, 2.24) is 9.55 Å². The minimum absolute atomic E-state index is 0.307. The number of fused-ring (bicyclic) bond motifs is 1. The lowest BCUT2D eigenvalue weighted by Crippen LogP contribution is -2.02. The predicted molar refractivity (Wildman–Crippen MR) is 85.3 cm³/mol. The van der Waals surface area contributed by atoms with Gasteiger partial charge in [0.1, 0.15) is 11.6 Å². The van der Waals surface area contributed by atoms with Gasteiger partial charge in [0, 0.05) is 10.0 Å². The van der Waals surface area contributed by atoms with Crippen molar-refractivity contribution < 1.29 is 4.39 Å². The maximum atomic E-state index is 13.7. The van der Waals surface area contributed by atoms with Gasteiger partial charge in [-0.1, -0.05) is 23.2 Å². The standard InChI is InChI=1S/C15H10Cl3FN2/c1-8(16)15-20-13-3-2-9(17)6-14(13)21(15)12-5-10(18)4-11(19)7-12/h2-8H,1H3. The summed E-state index contributed by atoms with van der Waals surface area (Å²) >= 11 is 18.2. The molecule has 108 valence electrons. The number of halogens is 4. The highest BCUT2D eigenvalue weighted by Crippen LogP contribution is 2.31. The van der Waals surface area contributed by atoms with Gasteiger partial charge in [-0.15, -0.1) is 11.6 Å². The molecular weight excluding hydrogens is 334 g/mol. The minimum Gasteiger partial charge on any atom is -0.295 e. The molecule has 0 aliphatic rings. The molecule has 0 saturated heterocycles. The average molecular weight is 344 g/mol. The molecule has 3 rings (SSSR count). The summed E-state index contributed by atoms with van der Waals surface area (Å²) in [5.41, 5.74) is 2.06. The zero-order valence-electron chi connectivity index (χ0n) is 10.9. The van der Waals surface area contributed by atoms with Crippen molar-refractivity contribution in [2.75, 3.05) is 0 Å². The topological polar surface area (TPSA) is 17.8 Å². The maximum absolute atomic E-state index is 13.7. The lowest BCUT2D eigenvalue weighted by molar-refractivity contribution is 0.626. The second kappa shape index (κ2) is 5.48. The molecule has 0 aliphatic heterocycles. The number of rotatable bonds is 2. The van der Waals surface area contributed by atoms with Crippen molar-refractivity contribution in [2.24, 2.45) is 0 Å². The summed E-state index contributed by atoms with van der Waals surface area (Å²) in [6.07, 6.45) is 0. The van der Waals surface area contributed by atoms with E-state index in [9.17, 15) is 4.39 Å². The fourth-order valence-electron chi connectivity index (χ4n) is 2.27. The third-order valence-electron chi connectivity index (χ3n) is 3.10. The van der Waals surface area contributed by atoms with E-state index >= 15 is 0 Å². The molecule has 0 radical (unpaired) electrons. The summed E-state index contributed by atoms with van der Waals surface area (Å²) in [6.45, 7) is 1.81. The van der Waals surface area contributed by atoms with Crippen LogP contribution in [0.5, 0.6) is 0 Å². The van der Waals surface area contributed by atoms with Gasteiger partial charge in [-0.3, -0.25) is 4.57 Å². The Morgan fingerprint density at radius 1 is 1.10 bits per heavy atom. The Labute approximate surface area is 136 Å². The summed E-state index contributed by atoms with van der Waals surface area (Å²) in [7, 11) is 0. The first-order valence-electron chi connectivity index (χ1n) is 6.24. The molecule has 0 saturated carbocycles. The Bertz CT molecular complexity index is 807. The fourth-order valence-corrected chi connectivity index (χ4v) is 2.80. The molecule has 3 aromatic rings. The third kappa shape index (κ3) is 2.73. The second-order valence-corrected chi connectivity index (χ2v) is 6.21. The molecule has 0 spiro atoms. The molecule has 0 N–H and O–H groups in total. The zero-order chi connectivity index (χ0) is 15.1. The zero-order valence-corrected chi connectivity index (χ0v) is 13.2. The van der Waals surface area contributed by atoms with E-state index in [0.717, 1.165) is 11.0 Å². The molecule has 2 aromatic carbocycles. The van der Waals surface area contributed by atoms with Gasteiger partial charge in [-0.25, -0.2) is 9.37 Å². The minimum atomic E-state index is -0.422. The molecule has 0 amide bonds. The monoisotopic (exact) mass is 342 g/mol. The molecule has 0 fully saturated rings. The van der Waals surface area contributed by atoms with Gasteiger partial charge >= 0.3 is 0 Å². The summed E-state index contributed by atoms with van der Waals surface area (Å²) in [4.78, 5) is 4.50. The van der Waals surface area contributed by atoms with Crippen molar-refractivity contribution in [3.63, 3.8) is 0 Å². The lowest BCUT2D eigenvalue weighted by atomic mass is 10.2. The van der Waals surface area contributed by atoms with E-state index in [1.165, 1.54) is 12.1 Å². The van der Waals surface area contributed by atoms with E-state index in [2.05, 4.69) is 4.98 Å². The van der Waals surface area contributed by atoms with Gasteiger partial charge in [-0.2, -0.15) is 0 Å². The molecule has 1 aromatic heterocycles. The van der Waals surface area contributed by atoms with Gasteiger partial charge in [-0.05, 0) is 43.3 Å². The molecule has 6 heteroatoms. The molecule has 21 heavy (non-hydrogen) atoms. The van der Waals surface area contributed by atoms with E-state index in [1.807, 2.05) is 6.92 Å². The lowest BCUT2D eigenvalue weighted by Gasteiger charge is -2.11. The van der Waals surface area contributed by atoms with Gasteiger partial charge in [0.05, 0.1) is 22.1 Å². The maximum Gasteiger partial charge on any atom is 0.132 e.